The number of carbonyl (C=O) groups is 2. The van der Waals surface area contributed by atoms with Gasteiger partial charge in [0.25, 0.3) is 5.91 Å². The van der Waals surface area contributed by atoms with Gasteiger partial charge in [0.1, 0.15) is 0 Å². The smallest absolute Gasteiger partial charge is 0.305 e. The van der Waals surface area contributed by atoms with Crippen molar-refractivity contribution in [1.82, 2.24) is 4.90 Å². The molecule has 0 spiro atoms. The number of rotatable bonds is 5. The molecule has 1 aliphatic rings. The van der Waals surface area contributed by atoms with Crippen LogP contribution in [0.15, 0.2) is 17.5 Å². The Kier molecular flexibility index (Phi) is 5.76. The van der Waals surface area contributed by atoms with Gasteiger partial charge in [0, 0.05) is 25.6 Å². The van der Waals surface area contributed by atoms with E-state index in [4.69, 9.17) is 10.5 Å². The average molecular weight is 310 g/mol. The molecule has 1 aliphatic heterocycles. The van der Waals surface area contributed by atoms with Gasteiger partial charge in [0.05, 0.1) is 11.5 Å². The normalized spacial score (nSPS) is 22.1. The first-order valence-corrected chi connectivity index (χ1v) is 8.22. The fraction of sp³-hybridized carbons (Fsp3) is 0.600. The van der Waals surface area contributed by atoms with Crippen LogP contribution in [0.5, 0.6) is 0 Å². The number of amides is 1. The molecule has 2 N–H and O–H groups in total. The Bertz CT molecular complexity index is 475. The standard InChI is InChI=1S/C15H22N2O3S/c1-2-20-14(18)6-5-11-8-12(16)10-17(9-11)15(19)13-4-3-7-21-13/h3-4,7,11-12H,2,5-6,8-10,16H2,1H3. The first-order valence-electron chi connectivity index (χ1n) is 7.34. The Morgan fingerprint density at radius 1 is 1.48 bits per heavy atom. The summed E-state index contributed by atoms with van der Waals surface area (Å²) in [6, 6.07) is 3.69. The van der Waals surface area contributed by atoms with Crippen LogP contribution in [0.3, 0.4) is 0 Å². The van der Waals surface area contributed by atoms with Crippen LogP contribution < -0.4 is 5.73 Å². The number of nitrogens with two attached hydrogens (primary N) is 1. The van der Waals surface area contributed by atoms with E-state index in [2.05, 4.69) is 0 Å². The summed E-state index contributed by atoms with van der Waals surface area (Å²) in [7, 11) is 0. The Morgan fingerprint density at radius 2 is 2.29 bits per heavy atom. The lowest BCUT2D eigenvalue weighted by Crippen LogP contribution is -2.49. The van der Waals surface area contributed by atoms with Gasteiger partial charge in [0.2, 0.25) is 0 Å². The van der Waals surface area contributed by atoms with E-state index in [0.29, 0.717) is 26.1 Å². The molecule has 0 radical (unpaired) electrons. The second kappa shape index (κ2) is 7.56. The molecule has 116 valence electrons. The highest BCUT2D eigenvalue weighted by Crippen LogP contribution is 2.23. The van der Waals surface area contributed by atoms with E-state index >= 15 is 0 Å². The van der Waals surface area contributed by atoms with Gasteiger partial charge in [-0.3, -0.25) is 9.59 Å². The van der Waals surface area contributed by atoms with Gasteiger partial charge in [-0.15, -0.1) is 11.3 Å². The highest BCUT2D eigenvalue weighted by molar-refractivity contribution is 7.12. The van der Waals surface area contributed by atoms with E-state index in [1.54, 1.807) is 6.92 Å². The van der Waals surface area contributed by atoms with Crippen LogP contribution in [-0.4, -0.2) is 42.5 Å². The molecule has 1 aromatic rings. The summed E-state index contributed by atoms with van der Waals surface area (Å²) in [5.41, 5.74) is 6.07. The topological polar surface area (TPSA) is 72.6 Å². The van der Waals surface area contributed by atoms with Gasteiger partial charge in [-0.2, -0.15) is 0 Å². The minimum absolute atomic E-state index is 0.0187. The molecular weight excluding hydrogens is 288 g/mol. The van der Waals surface area contributed by atoms with E-state index < -0.39 is 0 Å². The molecule has 2 unspecified atom stereocenters. The van der Waals surface area contributed by atoms with E-state index in [0.717, 1.165) is 17.7 Å². The van der Waals surface area contributed by atoms with Gasteiger partial charge in [-0.1, -0.05) is 6.07 Å². The van der Waals surface area contributed by atoms with Gasteiger partial charge >= 0.3 is 5.97 Å². The van der Waals surface area contributed by atoms with Gasteiger partial charge in [0.15, 0.2) is 0 Å². The fourth-order valence-corrected chi connectivity index (χ4v) is 3.42. The molecule has 2 atom stereocenters. The molecule has 1 amide bonds. The summed E-state index contributed by atoms with van der Waals surface area (Å²) >= 11 is 1.45. The summed E-state index contributed by atoms with van der Waals surface area (Å²) in [6.45, 7) is 3.47. The third kappa shape index (κ3) is 4.54. The minimum atomic E-state index is -0.173. The lowest BCUT2D eigenvalue weighted by Gasteiger charge is -2.36. The van der Waals surface area contributed by atoms with Crippen LogP contribution in [0.25, 0.3) is 0 Å². The highest BCUT2D eigenvalue weighted by atomic mass is 32.1. The van der Waals surface area contributed by atoms with Crippen molar-refractivity contribution in [1.29, 1.82) is 0 Å². The molecule has 6 heteroatoms. The number of carbonyl (C=O) groups excluding carboxylic acids is 2. The number of thiophene rings is 1. The van der Waals surface area contributed by atoms with Crippen LogP contribution in [0, 0.1) is 5.92 Å². The largest absolute Gasteiger partial charge is 0.466 e. The van der Waals surface area contributed by atoms with Crippen molar-refractivity contribution in [2.75, 3.05) is 19.7 Å². The first kappa shape index (κ1) is 16.0. The highest BCUT2D eigenvalue weighted by Gasteiger charge is 2.29. The van der Waals surface area contributed by atoms with Crippen LogP contribution in [0.1, 0.15) is 35.9 Å². The van der Waals surface area contributed by atoms with Crippen molar-refractivity contribution >= 4 is 23.2 Å². The molecule has 2 heterocycles. The Labute approximate surface area is 129 Å². The lowest BCUT2D eigenvalue weighted by molar-refractivity contribution is -0.143. The molecule has 2 rings (SSSR count). The summed E-state index contributed by atoms with van der Waals surface area (Å²) in [4.78, 5) is 26.4. The number of esters is 1. The predicted octanol–water partition coefficient (Wildman–Crippen LogP) is 1.88. The predicted molar refractivity (Wildman–Crippen MR) is 82.2 cm³/mol. The van der Waals surface area contributed by atoms with Crippen molar-refractivity contribution in [2.45, 2.75) is 32.2 Å². The van der Waals surface area contributed by atoms with Crippen LogP contribution in [0.2, 0.25) is 0 Å². The number of hydrogen-bond donors (Lipinski definition) is 1. The van der Waals surface area contributed by atoms with E-state index in [1.165, 1.54) is 11.3 Å². The monoisotopic (exact) mass is 310 g/mol. The second-order valence-corrected chi connectivity index (χ2v) is 6.34. The SMILES string of the molecule is CCOC(=O)CCC1CC(N)CN(C(=O)c2cccs2)C1. The summed E-state index contributed by atoms with van der Waals surface area (Å²) in [5, 5.41) is 1.90. The molecule has 1 saturated heterocycles. The molecule has 21 heavy (non-hydrogen) atoms. The number of likely N-dealkylation sites (tertiary alicyclic amines) is 1. The fourth-order valence-electron chi connectivity index (χ4n) is 2.73. The third-order valence-electron chi connectivity index (χ3n) is 3.65. The van der Waals surface area contributed by atoms with Crippen molar-refractivity contribution in [3.05, 3.63) is 22.4 Å². The van der Waals surface area contributed by atoms with Crippen LogP contribution in [-0.2, 0) is 9.53 Å². The minimum Gasteiger partial charge on any atom is -0.466 e. The maximum atomic E-state index is 12.4. The van der Waals surface area contributed by atoms with Crippen LogP contribution >= 0.6 is 11.3 Å². The zero-order chi connectivity index (χ0) is 15.2. The molecule has 0 saturated carbocycles. The number of ether oxygens (including phenoxy) is 1. The van der Waals surface area contributed by atoms with Crippen molar-refractivity contribution in [3.63, 3.8) is 0 Å². The first-order chi connectivity index (χ1) is 10.1. The van der Waals surface area contributed by atoms with E-state index in [-0.39, 0.29) is 23.8 Å². The van der Waals surface area contributed by atoms with Crippen molar-refractivity contribution < 1.29 is 14.3 Å². The second-order valence-electron chi connectivity index (χ2n) is 5.39. The maximum absolute atomic E-state index is 12.4. The molecule has 0 aliphatic carbocycles. The Hall–Kier alpha value is -1.40. The average Bonchev–Trinajstić information content (AvgIpc) is 2.98. The molecule has 0 bridgehead atoms. The van der Waals surface area contributed by atoms with E-state index in [9.17, 15) is 9.59 Å². The number of piperidine rings is 1. The molecule has 5 nitrogen and oxygen atoms in total. The summed E-state index contributed by atoms with van der Waals surface area (Å²) < 4.78 is 4.94. The van der Waals surface area contributed by atoms with Gasteiger partial charge < -0.3 is 15.4 Å². The third-order valence-corrected chi connectivity index (χ3v) is 4.51. The number of nitrogens with zero attached hydrogens (tertiary/aromatic N) is 1. The molecule has 1 aromatic heterocycles. The molecular formula is C15H22N2O3S. The molecule has 1 fully saturated rings. The van der Waals surface area contributed by atoms with E-state index in [1.807, 2.05) is 22.4 Å². The zero-order valence-corrected chi connectivity index (χ0v) is 13.1. The number of hydrogen-bond acceptors (Lipinski definition) is 5. The van der Waals surface area contributed by atoms with Gasteiger partial charge in [-0.25, -0.2) is 0 Å². The Balaban J connectivity index is 1.90. The van der Waals surface area contributed by atoms with Crippen LogP contribution in [0.4, 0.5) is 0 Å². The van der Waals surface area contributed by atoms with Crippen molar-refractivity contribution in [3.8, 4) is 0 Å². The zero-order valence-electron chi connectivity index (χ0n) is 12.3. The molecule has 0 aromatic carbocycles. The Morgan fingerprint density at radius 3 is 2.95 bits per heavy atom. The summed E-state index contributed by atoms with van der Waals surface area (Å²) in [6.07, 6.45) is 1.97. The quantitative estimate of drug-likeness (QED) is 0.843. The maximum Gasteiger partial charge on any atom is 0.305 e. The van der Waals surface area contributed by atoms with Gasteiger partial charge in [-0.05, 0) is 37.1 Å². The lowest BCUT2D eigenvalue weighted by atomic mass is 9.90. The summed E-state index contributed by atoms with van der Waals surface area (Å²) in [5.74, 6) is 0.135. The van der Waals surface area contributed by atoms with Crippen molar-refractivity contribution in [2.24, 2.45) is 11.7 Å².